The second kappa shape index (κ2) is 9.74. The van der Waals surface area contributed by atoms with Gasteiger partial charge in [-0.25, -0.2) is 18.4 Å². The number of primary sulfonamides is 1. The van der Waals surface area contributed by atoms with Crippen LogP contribution >= 0.6 is 0 Å². The van der Waals surface area contributed by atoms with Crippen LogP contribution in [0.3, 0.4) is 0 Å². The van der Waals surface area contributed by atoms with Gasteiger partial charge in [-0.05, 0) is 71.4 Å². The summed E-state index contributed by atoms with van der Waals surface area (Å²) >= 11 is 0. The molecule has 6 nitrogen and oxygen atoms in total. The normalized spacial score (nSPS) is 15.9. The van der Waals surface area contributed by atoms with Crippen molar-refractivity contribution in [3.05, 3.63) is 40.6 Å². The topological polar surface area (TPSA) is 91.4 Å². The Morgan fingerprint density at radius 3 is 1.94 bits per heavy atom. The molecular weight excluding hydrogens is 460 g/mol. The van der Waals surface area contributed by atoms with Crippen molar-refractivity contribution in [1.29, 1.82) is 0 Å². The number of esters is 1. The summed E-state index contributed by atoms with van der Waals surface area (Å²) in [6.45, 7) is 15.1. The largest absolute Gasteiger partial charge is 0.465 e. The molecule has 1 aliphatic rings. The summed E-state index contributed by atoms with van der Waals surface area (Å²) in [6, 6.07) is 5.76. The molecule has 0 atom stereocenters. The number of hydrogen-bond donors (Lipinski definition) is 1. The summed E-state index contributed by atoms with van der Waals surface area (Å²) in [5, 5.41) is 5.63. The van der Waals surface area contributed by atoms with Gasteiger partial charge in [-0.2, -0.15) is 0 Å². The fraction of sp³-hybridized carbons (Fsp3) is 0.607. The average Bonchev–Trinajstić information content (AvgIpc) is 3.08. The monoisotopic (exact) mass is 502 g/mol. The maximum Gasteiger partial charge on any atom is 0.338 e. The first-order chi connectivity index (χ1) is 16.1. The number of ether oxygens (including phenoxy) is 1. The molecule has 0 amide bonds. The van der Waals surface area contributed by atoms with Gasteiger partial charge < -0.3 is 9.30 Å². The zero-order valence-electron chi connectivity index (χ0n) is 22.6. The third kappa shape index (κ3) is 5.83. The molecule has 35 heavy (non-hydrogen) atoms. The van der Waals surface area contributed by atoms with Crippen LogP contribution in [0.5, 0.6) is 0 Å². The molecule has 0 radical (unpaired) electrons. The molecule has 1 heterocycles. The Kier molecular flexibility index (Phi) is 7.64. The summed E-state index contributed by atoms with van der Waals surface area (Å²) in [5.74, 6) is 0.144. The fourth-order valence-electron chi connectivity index (χ4n) is 5.31. The number of nitrogens with zero attached hydrogens (tertiary/aromatic N) is 1. The molecule has 0 unspecified atom stereocenters. The van der Waals surface area contributed by atoms with Gasteiger partial charge >= 0.3 is 5.97 Å². The van der Waals surface area contributed by atoms with Crippen molar-refractivity contribution in [2.75, 3.05) is 7.11 Å². The van der Waals surface area contributed by atoms with Crippen LogP contribution in [0.4, 0.5) is 0 Å². The van der Waals surface area contributed by atoms with Crippen LogP contribution in [0, 0.1) is 12.8 Å². The lowest BCUT2D eigenvalue weighted by atomic mass is 9.75. The SMILES string of the molecule is COC(=O)c1c(C(C)(C)C)cc(-c2cc(S(N)(=O)=O)c(C)n2CC2CCCCC2)cc1C(C)(C)C. The average molecular weight is 503 g/mol. The van der Waals surface area contributed by atoms with Crippen molar-refractivity contribution in [2.24, 2.45) is 11.1 Å². The van der Waals surface area contributed by atoms with E-state index in [2.05, 4.69) is 46.1 Å². The Morgan fingerprint density at radius 2 is 1.51 bits per heavy atom. The molecule has 194 valence electrons. The van der Waals surface area contributed by atoms with Gasteiger partial charge in [0.05, 0.1) is 12.7 Å². The van der Waals surface area contributed by atoms with E-state index in [1.54, 1.807) is 6.07 Å². The van der Waals surface area contributed by atoms with Crippen LogP contribution in [0.2, 0.25) is 0 Å². The molecule has 1 fully saturated rings. The second-order valence-corrected chi connectivity index (χ2v) is 13.6. The lowest BCUT2D eigenvalue weighted by molar-refractivity contribution is 0.0595. The number of carbonyl (C=O) groups excluding carboxylic acids is 1. The van der Waals surface area contributed by atoms with E-state index in [0.717, 1.165) is 41.8 Å². The summed E-state index contributed by atoms with van der Waals surface area (Å²) in [6.07, 6.45) is 5.96. The molecule has 0 saturated heterocycles. The molecule has 1 aromatic heterocycles. The number of carbonyl (C=O) groups is 1. The van der Waals surface area contributed by atoms with Gasteiger partial charge in [0.15, 0.2) is 0 Å². The molecule has 1 saturated carbocycles. The van der Waals surface area contributed by atoms with Crippen LogP contribution in [0.25, 0.3) is 11.3 Å². The Labute approximate surface area is 211 Å². The van der Waals surface area contributed by atoms with Crippen LogP contribution in [-0.4, -0.2) is 26.1 Å². The minimum atomic E-state index is -3.88. The fourth-order valence-corrected chi connectivity index (χ4v) is 6.10. The Balaban J connectivity index is 2.35. The van der Waals surface area contributed by atoms with Crippen LogP contribution in [0.15, 0.2) is 23.1 Å². The zero-order valence-corrected chi connectivity index (χ0v) is 23.4. The minimum absolute atomic E-state index is 0.162. The predicted molar refractivity (Wildman–Crippen MR) is 141 cm³/mol. The van der Waals surface area contributed by atoms with E-state index in [1.165, 1.54) is 26.4 Å². The molecule has 1 aromatic carbocycles. The van der Waals surface area contributed by atoms with Gasteiger partial charge in [-0.15, -0.1) is 0 Å². The van der Waals surface area contributed by atoms with Gasteiger partial charge in [0.2, 0.25) is 10.0 Å². The lowest BCUT2D eigenvalue weighted by Crippen LogP contribution is -2.25. The van der Waals surface area contributed by atoms with Crippen LogP contribution in [-0.2, 0) is 32.1 Å². The Bertz CT molecular complexity index is 1170. The van der Waals surface area contributed by atoms with Gasteiger partial charge in [-0.3, -0.25) is 0 Å². The highest BCUT2D eigenvalue weighted by Gasteiger charge is 2.32. The maximum atomic E-state index is 13.0. The van der Waals surface area contributed by atoms with E-state index in [0.29, 0.717) is 17.2 Å². The van der Waals surface area contributed by atoms with Gasteiger partial charge in [0.1, 0.15) is 4.90 Å². The molecule has 0 aliphatic heterocycles. The lowest BCUT2D eigenvalue weighted by Gasteiger charge is -2.30. The minimum Gasteiger partial charge on any atom is -0.465 e. The molecule has 0 bridgehead atoms. The van der Waals surface area contributed by atoms with Gasteiger partial charge in [0, 0.05) is 17.9 Å². The molecule has 0 spiro atoms. The zero-order chi connectivity index (χ0) is 26.3. The second-order valence-electron chi connectivity index (χ2n) is 12.1. The van der Waals surface area contributed by atoms with Crippen molar-refractivity contribution in [3.8, 4) is 11.3 Å². The molecule has 3 rings (SSSR count). The number of aromatic nitrogens is 1. The highest BCUT2D eigenvalue weighted by molar-refractivity contribution is 7.89. The van der Waals surface area contributed by atoms with E-state index < -0.39 is 10.0 Å². The number of sulfonamides is 1. The summed E-state index contributed by atoms with van der Waals surface area (Å²) < 4.78 is 32.3. The van der Waals surface area contributed by atoms with Gasteiger partial charge in [0.25, 0.3) is 0 Å². The quantitative estimate of drug-likeness (QED) is 0.502. The summed E-state index contributed by atoms with van der Waals surface area (Å²) in [5.41, 5.74) is 4.06. The number of benzene rings is 1. The van der Waals surface area contributed by atoms with Crippen LogP contribution in [0.1, 0.15) is 101 Å². The third-order valence-electron chi connectivity index (χ3n) is 7.23. The van der Waals surface area contributed by atoms with E-state index in [1.807, 2.05) is 19.1 Å². The molecule has 7 heteroatoms. The number of nitrogens with two attached hydrogens (primary N) is 1. The van der Waals surface area contributed by atoms with Crippen molar-refractivity contribution >= 4 is 16.0 Å². The molecule has 2 N–H and O–H groups in total. The first-order valence-electron chi connectivity index (χ1n) is 12.6. The number of hydrogen-bond acceptors (Lipinski definition) is 4. The van der Waals surface area contributed by atoms with Crippen molar-refractivity contribution in [2.45, 2.75) is 103 Å². The standard InChI is InChI=1S/C28H42N2O4S/c1-18-24(35(29,32)33)16-23(30(18)17-19-12-10-9-11-13-19)20-14-21(27(2,3)4)25(26(31)34-8)22(15-20)28(5,6)7/h14-16,19H,9-13,17H2,1-8H3,(H2,29,32,33). The first-order valence-corrected chi connectivity index (χ1v) is 14.1. The Hall–Kier alpha value is -2.12. The number of rotatable bonds is 5. The smallest absolute Gasteiger partial charge is 0.338 e. The predicted octanol–water partition coefficient (Wildman–Crippen LogP) is 6.07. The molecule has 1 aliphatic carbocycles. The third-order valence-corrected chi connectivity index (χ3v) is 8.26. The van der Waals surface area contributed by atoms with E-state index >= 15 is 0 Å². The first kappa shape index (κ1) is 27.5. The summed E-state index contributed by atoms with van der Waals surface area (Å²) in [4.78, 5) is 13.2. The van der Waals surface area contributed by atoms with Crippen molar-refractivity contribution < 1.29 is 17.9 Å². The van der Waals surface area contributed by atoms with E-state index in [9.17, 15) is 13.2 Å². The van der Waals surface area contributed by atoms with Crippen molar-refractivity contribution in [1.82, 2.24) is 4.57 Å². The molecular formula is C28H42N2O4S. The summed E-state index contributed by atoms with van der Waals surface area (Å²) in [7, 11) is -2.47. The highest BCUT2D eigenvalue weighted by atomic mass is 32.2. The Morgan fingerprint density at radius 1 is 1.00 bits per heavy atom. The van der Waals surface area contributed by atoms with Gasteiger partial charge in [-0.1, -0.05) is 60.8 Å². The molecule has 2 aromatic rings. The number of methoxy groups -OCH3 is 1. The maximum absolute atomic E-state index is 13.0. The highest BCUT2D eigenvalue weighted by Crippen LogP contribution is 2.40. The van der Waals surface area contributed by atoms with Crippen LogP contribution < -0.4 is 5.14 Å². The van der Waals surface area contributed by atoms with E-state index in [4.69, 9.17) is 9.88 Å². The van der Waals surface area contributed by atoms with E-state index in [-0.39, 0.29) is 21.7 Å². The van der Waals surface area contributed by atoms with Crippen molar-refractivity contribution in [3.63, 3.8) is 0 Å².